The third-order valence-corrected chi connectivity index (χ3v) is 2.97. The van der Waals surface area contributed by atoms with Gasteiger partial charge in [0.05, 0.1) is 5.56 Å². The molecule has 0 unspecified atom stereocenters. The van der Waals surface area contributed by atoms with Crippen LogP contribution in [0.3, 0.4) is 0 Å². The number of H-pyrrole nitrogens is 1. The number of hydrogen-bond acceptors (Lipinski definition) is 2. The number of aromatic nitrogens is 1. The van der Waals surface area contributed by atoms with E-state index in [9.17, 15) is 0 Å². The van der Waals surface area contributed by atoms with Crippen molar-refractivity contribution in [3.05, 3.63) is 42.2 Å². The molecule has 1 N–H and O–H groups in total. The molecule has 0 spiro atoms. The van der Waals surface area contributed by atoms with Crippen LogP contribution < -0.4 is 0 Å². The predicted octanol–water partition coefficient (Wildman–Crippen LogP) is 3.28. The molecular formula is C12H10N2S. The van der Waals surface area contributed by atoms with E-state index in [0.717, 1.165) is 11.1 Å². The Labute approximate surface area is 92.9 Å². The van der Waals surface area contributed by atoms with Crippen LogP contribution in [-0.2, 0) is 0 Å². The fraction of sp³-hybridized carbons (Fsp3) is 0.0833. The molecule has 0 aliphatic carbocycles. The molecule has 2 nitrogen and oxygen atoms in total. The smallest absolute Gasteiger partial charge is 0.101 e. The maximum absolute atomic E-state index is 8.92. The fourth-order valence-electron chi connectivity index (χ4n) is 1.49. The summed E-state index contributed by atoms with van der Waals surface area (Å²) >= 11 is 1.70. The molecule has 3 heteroatoms. The maximum Gasteiger partial charge on any atom is 0.101 e. The minimum Gasteiger partial charge on any atom is -0.366 e. The van der Waals surface area contributed by atoms with Gasteiger partial charge in [-0.05, 0) is 24.0 Å². The Morgan fingerprint density at radius 1 is 1.33 bits per heavy atom. The summed E-state index contributed by atoms with van der Waals surface area (Å²) < 4.78 is 0. The van der Waals surface area contributed by atoms with Crippen molar-refractivity contribution in [3.8, 4) is 17.2 Å². The number of aromatic amines is 1. The maximum atomic E-state index is 8.92. The van der Waals surface area contributed by atoms with Crippen molar-refractivity contribution in [1.29, 1.82) is 5.26 Å². The molecule has 0 aliphatic rings. The first-order chi connectivity index (χ1) is 7.35. The van der Waals surface area contributed by atoms with Crippen molar-refractivity contribution in [3.63, 3.8) is 0 Å². The predicted molar refractivity (Wildman–Crippen MR) is 62.7 cm³/mol. The van der Waals surface area contributed by atoms with E-state index in [1.54, 1.807) is 18.0 Å². The number of nitrogens with one attached hydrogen (secondary N) is 1. The standard InChI is InChI=1S/C12H10N2S/c1-15-11-4-2-3-9(5-11)12-8-14-7-10(12)6-13/h2-5,7-8,14H,1H3. The molecule has 1 aromatic carbocycles. The van der Waals surface area contributed by atoms with E-state index in [2.05, 4.69) is 23.2 Å². The quantitative estimate of drug-likeness (QED) is 0.779. The molecule has 1 heterocycles. The van der Waals surface area contributed by atoms with Gasteiger partial charge < -0.3 is 4.98 Å². The summed E-state index contributed by atoms with van der Waals surface area (Å²) in [5.41, 5.74) is 2.74. The van der Waals surface area contributed by atoms with Crippen LogP contribution >= 0.6 is 11.8 Å². The van der Waals surface area contributed by atoms with Gasteiger partial charge in [-0.2, -0.15) is 5.26 Å². The van der Waals surface area contributed by atoms with Crippen LogP contribution in [0.5, 0.6) is 0 Å². The number of nitriles is 1. The van der Waals surface area contributed by atoms with Crippen LogP contribution in [0.4, 0.5) is 0 Å². The first-order valence-corrected chi connectivity index (χ1v) is 5.79. The van der Waals surface area contributed by atoms with Crippen molar-refractivity contribution < 1.29 is 0 Å². The lowest BCUT2D eigenvalue weighted by Crippen LogP contribution is -1.79. The Kier molecular flexibility index (Phi) is 2.79. The second-order valence-electron chi connectivity index (χ2n) is 3.13. The Bertz CT molecular complexity index is 508. The minimum atomic E-state index is 0.688. The van der Waals surface area contributed by atoms with Gasteiger partial charge in [0.2, 0.25) is 0 Å². The number of rotatable bonds is 2. The Balaban J connectivity index is 2.50. The second kappa shape index (κ2) is 4.24. The van der Waals surface area contributed by atoms with E-state index in [1.165, 1.54) is 4.90 Å². The zero-order valence-electron chi connectivity index (χ0n) is 8.32. The molecule has 1 aromatic heterocycles. The Morgan fingerprint density at radius 2 is 2.20 bits per heavy atom. The van der Waals surface area contributed by atoms with Crippen molar-refractivity contribution in [2.24, 2.45) is 0 Å². The zero-order valence-corrected chi connectivity index (χ0v) is 9.14. The topological polar surface area (TPSA) is 39.6 Å². The third kappa shape index (κ3) is 1.90. The molecule has 0 bridgehead atoms. The molecule has 0 aliphatic heterocycles. The average Bonchev–Trinajstić information content (AvgIpc) is 2.77. The molecule has 0 amide bonds. The van der Waals surface area contributed by atoms with Crippen LogP contribution in [0, 0.1) is 11.3 Å². The molecule has 0 fully saturated rings. The van der Waals surface area contributed by atoms with E-state index in [0.29, 0.717) is 5.56 Å². The van der Waals surface area contributed by atoms with Crippen molar-refractivity contribution in [2.75, 3.05) is 6.26 Å². The van der Waals surface area contributed by atoms with Crippen molar-refractivity contribution in [1.82, 2.24) is 4.98 Å². The highest BCUT2D eigenvalue weighted by molar-refractivity contribution is 7.98. The van der Waals surface area contributed by atoms with Gasteiger partial charge in [-0.3, -0.25) is 0 Å². The summed E-state index contributed by atoms with van der Waals surface area (Å²) in [5, 5.41) is 8.92. The SMILES string of the molecule is CSc1cccc(-c2c[nH]cc2C#N)c1. The summed E-state index contributed by atoms with van der Waals surface area (Å²) in [6.45, 7) is 0. The van der Waals surface area contributed by atoms with Crippen LogP contribution in [0.25, 0.3) is 11.1 Å². The summed E-state index contributed by atoms with van der Waals surface area (Å²) in [6, 6.07) is 10.4. The van der Waals surface area contributed by atoms with Crippen molar-refractivity contribution in [2.45, 2.75) is 4.90 Å². The number of thioether (sulfide) groups is 1. The van der Waals surface area contributed by atoms with Gasteiger partial charge >= 0.3 is 0 Å². The van der Waals surface area contributed by atoms with E-state index in [-0.39, 0.29) is 0 Å². The van der Waals surface area contributed by atoms with Gasteiger partial charge in [-0.25, -0.2) is 0 Å². The minimum absolute atomic E-state index is 0.688. The number of hydrogen-bond donors (Lipinski definition) is 1. The molecular weight excluding hydrogens is 204 g/mol. The summed E-state index contributed by atoms with van der Waals surface area (Å²) in [4.78, 5) is 4.16. The van der Waals surface area contributed by atoms with Crippen LogP contribution in [0.15, 0.2) is 41.6 Å². The normalized spacial score (nSPS) is 9.87. The molecule has 0 saturated carbocycles. The summed E-state index contributed by atoms with van der Waals surface area (Å²) in [6.07, 6.45) is 5.63. The van der Waals surface area contributed by atoms with Crippen LogP contribution in [0.2, 0.25) is 0 Å². The van der Waals surface area contributed by atoms with Gasteiger partial charge in [0.25, 0.3) is 0 Å². The number of nitrogens with zero attached hydrogens (tertiary/aromatic N) is 1. The van der Waals surface area contributed by atoms with Gasteiger partial charge in [0.15, 0.2) is 0 Å². The molecule has 0 radical (unpaired) electrons. The highest BCUT2D eigenvalue weighted by Crippen LogP contribution is 2.26. The monoisotopic (exact) mass is 214 g/mol. The zero-order chi connectivity index (χ0) is 10.7. The molecule has 2 rings (SSSR count). The lowest BCUT2D eigenvalue weighted by molar-refractivity contribution is 1.40. The highest BCUT2D eigenvalue weighted by Gasteiger charge is 2.05. The van der Waals surface area contributed by atoms with Crippen LogP contribution in [-0.4, -0.2) is 11.2 Å². The summed E-state index contributed by atoms with van der Waals surface area (Å²) in [5.74, 6) is 0. The second-order valence-corrected chi connectivity index (χ2v) is 4.01. The van der Waals surface area contributed by atoms with E-state index >= 15 is 0 Å². The largest absolute Gasteiger partial charge is 0.366 e. The fourth-order valence-corrected chi connectivity index (χ4v) is 1.95. The van der Waals surface area contributed by atoms with E-state index < -0.39 is 0 Å². The van der Waals surface area contributed by atoms with Gasteiger partial charge in [-0.15, -0.1) is 11.8 Å². The van der Waals surface area contributed by atoms with Crippen molar-refractivity contribution >= 4 is 11.8 Å². The molecule has 2 aromatic rings. The Morgan fingerprint density at radius 3 is 2.93 bits per heavy atom. The Hall–Kier alpha value is -1.66. The van der Waals surface area contributed by atoms with E-state index in [1.807, 2.05) is 24.6 Å². The molecule has 0 atom stereocenters. The lowest BCUT2D eigenvalue weighted by atomic mass is 10.1. The van der Waals surface area contributed by atoms with Gasteiger partial charge in [0.1, 0.15) is 6.07 Å². The third-order valence-electron chi connectivity index (χ3n) is 2.25. The first-order valence-electron chi connectivity index (χ1n) is 4.56. The highest BCUT2D eigenvalue weighted by atomic mass is 32.2. The molecule has 0 saturated heterocycles. The molecule has 74 valence electrons. The molecule has 15 heavy (non-hydrogen) atoms. The lowest BCUT2D eigenvalue weighted by Gasteiger charge is -2.01. The number of benzene rings is 1. The van der Waals surface area contributed by atoms with Crippen LogP contribution in [0.1, 0.15) is 5.56 Å². The van der Waals surface area contributed by atoms with Gasteiger partial charge in [0, 0.05) is 22.9 Å². The van der Waals surface area contributed by atoms with Gasteiger partial charge in [-0.1, -0.05) is 12.1 Å². The summed E-state index contributed by atoms with van der Waals surface area (Å²) in [7, 11) is 0. The first kappa shape index (κ1) is 9.88. The van der Waals surface area contributed by atoms with E-state index in [4.69, 9.17) is 5.26 Å². The average molecular weight is 214 g/mol.